The molecule has 1 heterocycles. The van der Waals surface area contributed by atoms with Crippen molar-refractivity contribution in [1.82, 2.24) is 4.90 Å². The van der Waals surface area contributed by atoms with E-state index in [1.54, 1.807) is 0 Å². The summed E-state index contributed by atoms with van der Waals surface area (Å²) >= 11 is 0. The van der Waals surface area contributed by atoms with Crippen molar-refractivity contribution in [2.24, 2.45) is 5.92 Å². The van der Waals surface area contributed by atoms with Crippen LogP contribution in [-0.2, 0) is 4.74 Å². The van der Waals surface area contributed by atoms with Gasteiger partial charge in [0.15, 0.2) is 0 Å². The Morgan fingerprint density at radius 2 is 1.53 bits per heavy atom. The van der Waals surface area contributed by atoms with Crippen LogP contribution in [0.5, 0.6) is 0 Å². The van der Waals surface area contributed by atoms with Crippen LogP contribution in [0, 0.1) is 5.92 Å². The third kappa shape index (κ3) is 4.46. The van der Waals surface area contributed by atoms with Gasteiger partial charge in [0.05, 0.1) is 12.2 Å². The number of hydrogen-bond donors (Lipinski definition) is 0. The number of nitrogens with zero attached hydrogens (tertiary/aromatic N) is 1. The van der Waals surface area contributed by atoms with E-state index >= 15 is 0 Å². The fraction of sp³-hybridized carbons (Fsp3) is 1.00. The molecular weight excluding hydrogens is 234 g/mol. The van der Waals surface area contributed by atoms with Gasteiger partial charge in [0.1, 0.15) is 0 Å². The fourth-order valence-corrected chi connectivity index (χ4v) is 3.66. The highest BCUT2D eigenvalue weighted by atomic mass is 16.5. The molecule has 1 aliphatic carbocycles. The lowest BCUT2D eigenvalue weighted by Crippen LogP contribution is -2.43. The molecule has 1 atom stereocenters. The molecule has 2 aliphatic rings. The smallest absolute Gasteiger partial charge is 0.0603 e. The molecule has 0 bridgehead atoms. The summed E-state index contributed by atoms with van der Waals surface area (Å²) in [4.78, 5) is 2.63. The summed E-state index contributed by atoms with van der Waals surface area (Å²) in [6.07, 6.45) is 11.7. The lowest BCUT2D eigenvalue weighted by Gasteiger charge is -2.38. The van der Waals surface area contributed by atoms with Crippen molar-refractivity contribution in [2.45, 2.75) is 90.4 Å². The zero-order valence-electron chi connectivity index (χ0n) is 13.2. The molecule has 0 aromatic rings. The van der Waals surface area contributed by atoms with Gasteiger partial charge >= 0.3 is 0 Å². The van der Waals surface area contributed by atoms with E-state index in [2.05, 4.69) is 25.7 Å². The maximum atomic E-state index is 6.36. The van der Waals surface area contributed by atoms with E-state index in [9.17, 15) is 0 Å². The molecule has 0 N–H and O–H groups in total. The quantitative estimate of drug-likeness (QED) is 0.739. The Kier molecular flexibility index (Phi) is 6.15. The molecule has 2 fully saturated rings. The summed E-state index contributed by atoms with van der Waals surface area (Å²) in [6.45, 7) is 9.46. The van der Waals surface area contributed by atoms with Crippen LogP contribution < -0.4 is 0 Å². The molecule has 2 nitrogen and oxygen atoms in total. The Morgan fingerprint density at radius 1 is 0.947 bits per heavy atom. The van der Waals surface area contributed by atoms with Gasteiger partial charge in [-0.05, 0) is 57.8 Å². The van der Waals surface area contributed by atoms with E-state index in [1.165, 1.54) is 64.5 Å². The van der Waals surface area contributed by atoms with Crippen LogP contribution >= 0.6 is 0 Å². The first-order valence-electron chi connectivity index (χ1n) is 8.62. The second-order valence-electron chi connectivity index (χ2n) is 6.68. The van der Waals surface area contributed by atoms with E-state index in [0.29, 0.717) is 12.2 Å². The van der Waals surface area contributed by atoms with Crippen LogP contribution in [0.3, 0.4) is 0 Å². The Morgan fingerprint density at radius 3 is 2.05 bits per heavy atom. The van der Waals surface area contributed by atoms with Crippen LogP contribution in [0.2, 0.25) is 0 Å². The Labute approximate surface area is 119 Å². The van der Waals surface area contributed by atoms with Crippen molar-refractivity contribution in [2.75, 3.05) is 13.1 Å². The monoisotopic (exact) mass is 267 g/mol. The van der Waals surface area contributed by atoms with E-state index in [0.717, 1.165) is 12.0 Å². The van der Waals surface area contributed by atoms with Crippen molar-refractivity contribution in [1.29, 1.82) is 0 Å². The van der Waals surface area contributed by atoms with Gasteiger partial charge in [-0.3, -0.25) is 0 Å². The van der Waals surface area contributed by atoms with Gasteiger partial charge in [0, 0.05) is 19.1 Å². The number of ether oxygens (including phenoxy) is 1. The molecule has 1 unspecified atom stereocenters. The van der Waals surface area contributed by atoms with Gasteiger partial charge < -0.3 is 9.64 Å². The van der Waals surface area contributed by atoms with Crippen LogP contribution in [0.25, 0.3) is 0 Å². The van der Waals surface area contributed by atoms with Crippen molar-refractivity contribution in [3.63, 3.8) is 0 Å². The van der Waals surface area contributed by atoms with Crippen LogP contribution in [-0.4, -0.2) is 36.2 Å². The Balaban J connectivity index is 1.66. The summed E-state index contributed by atoms with van der Waals surface area (Å²) in [5.74, 6) is 0.979. The highest BCUT2D eigenvalue weighted by molar-refractivity contribution is 4.79. The first-order valence-corrected chi connectivity index (χ1v) is 8.62. The molecule has 0 amide bonds. The maximum absolute atomic E-state index is 6.36. The summed E-state index contributed by atoms with van der Waals surface area (Å²) in [5.41, 5.74) is 0. The zero-order valence-corrected chi connectivity index (χ0v) is 13.2. The third-order valence-corrected chi connectivity index (χ3v) is 5.45. The summed E-state index contributed by atoms with van der Waals surface area (Å²) < 4.78 is 6.36. The topological polar surface area (TPSA) is 12.5 Å². The molecule has 0 radical (unpaired) electrons. The normalized spacial score (nSPS) is 32.4. The Hall–Kier alpha value is -0.0800. The van der Waals surface area contributed by atoms with Gasteiger partial charge in [0.2, 0.25) is 0 Å². The highest BCUT2D eigenvalue weighted by Crippen LogP contribution is 2.30. The molecule has 1 saturated carbocycles. The van der Waals surface area contributed by atoms with Crippen molar-refractivity contribution < 1.29 is 4.74 Å². The van der Waals surface area contributed by atoms with Crippen molar-refractivity contribution in [3.05, 3.63) is 0 Å². The second-order valence-corrected chi connectivity index (χ2v) is 6.68. The summed E-state index contributed by atoms with van der Waals surface area (Å²) in [5, 5.41) is 0. The summed E-state index contributed by atoms with van der Waals surface area (Å²) in [6, 6.07) is 0.751. The molecule has 19 heavy (non-hydrogen) atoms. The van der Waals surface area contributed by atoms with E-state index in [1.807, 2.05) is 0 Å². The Bertz CT molecular complexity index is 240. The average molecular weight is 267 g/mol. The largest absolute Gasteiger partial charge is 0.375 e. The summed E-state index contributed by atoms with van der Waals surface area (Å²) in [7, 11) is 0. The number of likely N-dealkylation sites (tertiary alicyclic amines) is 1. The molecule has 2 rings (SSSR count). The van der Waals surface area contributed by atoms with Gasteiger partial charge in [-0.1, -0.05) is 20.3 Å². The predicted octanol–water partition coefficient (Wildman–Crippen LogP) is 4.23. The van der Waals surface area contributed by atoms with Gasteiger partial charge in [-0.15, -0.1) is 0 Å². The lowest BCUT2D eigenvalue weighted by atomic mass is 9.85. The van der Waals surface area contributed by atoms with Crippen LogP contribution in [0.1, 0.15) is 72.1 Å². The minimum Gasteiger partial charge on any atom is -0.375 e. The average Bonchev–Trinajstić information content (AvgIpc) is 2.48. The van der Waals surface area contributed by atoms with Crippen LogP contribution in [0.15, 0.2) is 0 Å². The number of hydrogen-bond acceptors (Lipinski definition) is 2. The highest BCUT2D eigenvalue weighted by Gasteiger charge is 2.27. The van der Waals surface area contributed by atoms with Crippen molar-refractivity contribution >= 4 is 0 Å². The molecule has 1 saturated heterocycles. The standard InChI is InChI=1S/C17H33NO/c1-4-14(3)18-12-10-17(11-13-18)19-16-8-6-15(5-2)7-9-16/h14-17H,4-13H2,1-3H3. The van der Waals surface area contributed by atoms with Gasteiger partial charge in [-0.2, -0.15) is 0 Å². The molecule has 0 aromatic heterocycles. The van der Waals surface area contributed by atoms with E-state index in [-0.39, 0.29) is 0 Å². The predicted molar refractivity (Wildman–Crippen MR) is 81.5 cm³/mol. The van der Waals surface area contributed by atoms with Crippen LogP contribution in [0.4, 0.5) is 0 Å². The van der Waals surface area contributed by atoms with E-state index in [4.69, 9.17) is 4.74 Å². The molecule has 2 heteroatoms. The van der Waals surface area contributed by atoms with E-state index < -0.39 is 0 Å². The molecule has 0 aromatic carbocycles. The van der Waals surface area contributed by atoms with Gasteiger partial charge in [0.25, 0.3) is 0 Å². The third-order valence-electron chi connectivity index (χ3n) is 5.45. The first-order chi connectivity index (χ1) is 9.22. The maximum Gasteiger partial charge on any atom is 0.0603 e. The molecule has 1 aliphatic heterocycles. The minimum absolute atomic E-state index is 0.545. The number of rotatable bonds is 5. The molecular formula is C17H33NO. The minimum atomic E-state index is 0.545. The second kappa shape index (κ2) is 7.64. The van der Waals surface area contributed by atoms with Crippen molar-refractivity contribution in [3.8, 4) is 0 Å². The fourth-order valence-electron chi connectivity index (χ4n) is 3.66. The molecule has 112 valence electrons. The lowest BCUT2D eigenvalue weighted by molar-refractivity contribution is -0.0644. The zero-order chi connectivity index (χ0) is 13.7. The molecule has 0 spiro atoms. The first kappa shape index (κ1) is 15.3. The SMILES string of the molecule is CCC1CCC(OC2CCN(C(C)CC)CC2)CC1. The number of piperidine rings is 1. The van der Waals surface area contributed by atoms with Gasteiger partial charge in [-0.25, -0.2) is 0 Å².